The summed E-state index contributed by atoms with van der Waals surface area (Å²) < 4.78 is 0. The molecular formula is C10H20N2O. The summed E-state index contributed by atoms with van der Waals surface area (Å²) in [5.41, 5.74) is 3.46. The van der Waals surface area contributed by atoms with Crippen LogP contribution in [0.5, 0.6) is 0 Å². The van der Waals surface area contributed by atoms with E-state index in [0.29, 0.717) is 17.5 Å². The van der Waals surface area contributed by atoms with Gasteiger partial charge in [-0.25, -0.2) is 0 Å². The van der Waals surface area contributed by atoms with Gasteiger partial charge in [0, 0.05) is 24.5 Å². The number of nitrogens with zero attached hydrogens (tertiary/aromatic N) is 1. The van der Waals surface area contributed by atoms with Crippen LogP contribution in [-0.2, 0) is 4.84 Å². The molecule has 0 aromatic heterocycles. The van der Waals surface area contributed by atoms with Crippen molar-refractivity contribution in [2.45, 2.75) is 38.8 Å². The Morgan fingerprint density at radius 2 is 2.23 bits per heavy atom. The van der Waals surface area contributed by atoms with Crippen molar-refractivity contribution >= 4 is 0 Å². The van der Waals surface area contributed by atoms with E-state index in [1.54, 1.807) is 0 Å². The monoisotopic (exact) mass is 184 g/mol. The second kappa shape index (κ2) is 3.23. The topological polar surface area (TPSA) is 24.5 Å². The van der Waals surface area contributed by atoms with Crippen molar-refractivity contribution in [3.63, 3.8) is 0 Å². The molecule has 0 spiro atoms. The van der Waals surface area contributed by atoms with Crippen molar-refractivity contribution in [3.05, 3.63) is 0 Å². The molecule has 2 aliphatic rings. The summed E-state index contributed by atoms with van der Waals surface area (Å²) in [5, 5.41) is 0. The van der Waals surface area contributed by atoms with Crippen molar-refractivity contribution in [3.8, 4) is 0 Å². The van der Waals surface area contributed by atoms with Crippen LogP contribution >= 0.6 is 0 Å². The maximum atomic E-state index is 5.23. The second-order valence-electron chi connectivity index (χ2n) is 4.87. The molecule has 13 heavy (non-hydrogen) atoms. The highest BCUT2D eigenvalue weighted by atomic mass is 16.7. The van der Waals surface area contributed by atoms with Crippen LogP contribution < -0.4 is 5.48 Å². The van der Waals surface area contributed by atoms with Crippen LogP contribution in [0.4, 0.5) is 0 Å². The first-order valence-electron chi connectivity index (χ1n) is 5.26. The minimum absolute atomic E-state index is 0.353. The Morgan fingerprint density at radius 1 is 1.46 bits per heavy atom. The Kier molecular flexibility index (Phi) is 2.34. The van der Waals surface area contributed by atoms with Crippen molar-refractivity contribution in [2.75, 3.05) is 19.7 Å². The SMILES string of the molecule is CCC(C)(C)N1CC2CONC2C1. The molecule has 2 heterocycles. The number of likely N-dealkylation sites (tertiary alicyclic amines) is 1. The third kappa shape index (κ3) is 1.60. The van der Waals surface area contributed by atoms with Gasteiger partial charge in [0.2, 0.25) is 0 Å². The molecule has 1 N–H and O–H groups in total. The smallest absolute Gasteiger partial charge is 0.0739 e. The van der Waals surface area contributed by atoms with E-state index in [9.17, 15) is 0 Å². The van der Waals surface area contributed by atoms with Gasteiger partial charge in [-0.1, -0.05) is 6.92 Å². The van der Waals surface area contributed by atoms with Crippen molar-refractivity contribution in [1.82, 2.24) is 10.4 Å². The quantitative estimate of drug-likeness (QED) is 0.693. The predicted molar refractivity (Wildman–Crippen MR) is 52.3 cm³/mol. The van der Waals surface area contributed by atoms with Crippen LogP contribution in [-0.4, -0.2) is 36.2 Å². The summed E-state index contributed by atoms with van der Waals surface area (Å²) >= 11 is 0. The van der Waals surface area contributed by atoms with Crippen LogP contribution in [0.25, 0.3) is 0 Å². The van der Waals surface area contributed by atoms with Gasteiger partial charge in [-0.15, -0.1) is 0 Å². The summed E-state index contributed by atoms with van der Waals surface area (Å²) in [6.45, 7) is 10.1. The minimum Gasteiger partial charge on any atom is -0.301 e. The van der Waals surface area contributed by atoms with Gasteiger partial charge in [-0.3, -0.25) is 4.90 Å². The fraction of sp³-hybridized carbons (Fsp3) is 1.00. The summed E-state index contributed by atoms with van der Waals surface area (Å²) in [7, 11) is 0. The van der Waals surface area contributed by atoms with Crippen LogP contribution in [0.3, 0.4) is 0 Å². The zero-order valence-corrected chi connectivity index (χ0v) is 8.84. The van der Waals surface area contributed by atoms with E-state index in [4.69, 9.17) is 4.84 Å². The predicted octanol–water partition coefficient (Wildman–Crippen LogP) is 1.01. The molecule has 0 aromatic carbocycles. The van der Waals surface area contributed by atoms with E-state index in [1.807, 2.05) is 0 Å². The molecule has 2 atom stereocenters. The van der Waals surface area contributed by atoms with Gasteiger partial charge in [0.15, 0.2) is 0 Å². The maximum Gasteiger partial charge on any atom is 0.0739 e. The standard InChI is InChI=1S/C10H20N2O/c1-4-10(2,3)12-5-8-7-13-11-9(8)6-12/h8-9,11H,4-7H2,1-3H3. The Morgan fingerprint density at radius 3 is 2.85 bits per heavy atom. The molecule has 2 fully saturated rings. The van der Waals surface area contributed by atoms with Crippen molar-refractivity contribution < 1.29 is 4.84 Å². The van der Waals surface area contributed by atoms with Gasteiger partial charge >= 0.3 is 0 Å². The average Bonchev–Trinajstić information content (AvgIpc) is 2.61. The molecule has 2 unspecified atom stereocenters. The van der Waals surface area contributed by atoms with Crippen molar-refractivity contribution in [2.24, 2.45) is 5.92 Å². The van der Waals surface area contributed by atoms with Gasteiger partial charge < -0.3 is 4.84 Å². The fourth-order valence-corrected chi connectivity index (χ4v) is 2.15. The molecule has 2 saturated heterocycles. The van der Waals surface area contributed by atoms with E-state index in [-0.39, 0.29) is 0 Å². The van der Waals surface area contributed by atoms with E-state index in [2.05, 4.69) is 31.2 Å². The number of fused-ring (bicyclic) bond motifs is 1. The van der Waals surface area contributed by atoms with E-state index in [0.717, 1.165) is 13.2 Å². The third-order valence-corrected chi connectivity index (χ3v) is 3.69. The molecule has 0 bridgehead atoms. The number of hydrogen-bond acceptors (Lipinski definition) is 3. The van der Waals surface area contributed by atoms with Gasteiger partial charge in [-0.2, -0.15) is 5.48 Å². The number of hydrogen-bond donors (Lipinski definition) is 1. The molecule has 76 valence electrons. The minimum atomic E-state index is 0.353. The van der Waals surface area contributed by atoms with Crippen LogP contribution in [0, 0.1) is 5.92 Å². The maximum absolute atomic E-state index is 5.23. The molecule has 0 amide bonds. The van der Waals surface area contributed by atoms with Gasteiger partial charge in [0.05, 0.1) is 12.6 Å². The summed E-state index contributed by atoms with van der Waals surface area (Å²) in [5.74, 6) is 0.714. The lowest BCUT2D eigenvalue weighted by Crippen LogP contribution is -2.43. The molecule has 0 saturated carbocycles. The first-order chi connectivity index (χ1) is 6.13. The Labute approximate surface area is 80.4 Å². The zero-order valence-electron chi connectivity index (χ0n) is 8.84. The summed E-state index contributed by atoms with van der Waals surface area (Å²) in [6, 6.07) is 0.575. The molecule has 2 aliphatic heterocycles. The number of nitrogens with one attached hydrogen (secondary N) is 1. The lowest BCUT2D eigenvalue weighted by atomic mass is 10.00. The van der Waals surface area contributed by atoms with Crippen molar-refractivity contribution in [1.29, 1.82) is 0 Å². The highest BCUT2D eigenvalue weighted by molar-refractivity contribution is 4.95. The molecule has 0 radical (unpaired) electrons. The Balaban J connectivity index is 1.98. The molecule has 0 aromatic rings. The van der Waals surface area contributed by atoms with Gasteiger partial charge in [0.25, 0.3) is 0 Å². The first kappa shape index (κ1) is 9.44. The Bertz CT molecular complexity index is 181. The highest BCUT2D eigenvalue weighted by Gasteiger charge is 2.41. The fourth-order valence-electron chi connectivity index (χ4n) is 2.15. The summed E-state index contributed by atoms with van der Waals surface area (Å²) in [4.78, 5) is 7.81. The lowest BCUT2D eigenvalue weighted by molar-refractivity contribution is 0.0530. The third-order valence-electron chi connectivity index (χ3n) is 3.69. The number of rotatable bonds is 2. The van der Waals surface area contributed by atoms with E-state index in [1.165, 1.54) is 13.0 Å². The van der Waals surface area contributed by atoms with Crippen LogP contribution in [0.2, 0.25) is 0 Å². The average molecular weight is 184 g/mol. The number of hydroxylamine groups is 1. The molecule has 3 nitrogen and oxygen atoms in total. The van der Waals surface area contributed by atoms with E-state index >= 15 is 0 Å². The normalized spacial score (nSPS) is 35.3. The van der Waals surface area contributed by atoms with Gasteiger partial charge in [-0.05, 0) is 20.3 Å². The first-order valence-corrected chi connectivity index (χ1v) is 5.26. The molecule has 0 aliphatic carbocycles. The second-order valence-corrected chi connectivity index (χ2v) is 4.87. The van der Waals surface area contributed by atoms with Crippen LogP contribution in [0.1, 0.15) is 27.2 Å². The highest BCUT2D eigenvalue weighted by Crippen LogP contribution is 2.29. The van der Waals surface area contributed by atoms with Gasteiger partial charge in [0.1, 0.15) is 0 Å². The molecule has 3 heteroatoms. The molecule has 2 rings (SSSR count). The Hall–Kier alpha value is -0.120. The molecular weight excluding hydrogens is 164 g/mol. The van der Waals surface area contributed by atoms with E-state index < -0.39 is 0 Å². The lowest BCUT2D eigenvalue weighted by Gasteiger charge is -2.35. The van der Waals surface area contributed by atoms with Crippen LogP contribution in [0.15, 0.2) is 0 Å². The largest absolute Gasteiger partial charge is 0.301 e. The summed E-state index contributed by atoms with van der Waals surface area (Å²) in [6.07, 6.45) is 1.22. The zero-order chi connectivity index (χ0) is 9.47.